The number of hydrogen-bond acceptors (Lipinski definition) is 4. The molecule has 6 atom stereocenters. The van der Waals surface area contributed by atoms with Crippen molar-refractivity contribution < 1.29 is 19.3 Å². The molecule has 2 aliphatic carbocycles. The molecule has 6 unspecified atom stereocenters. The Kier molecular flexibility index (Phi) is 2.64. The molecular weight excluding hydrogens is 232 g/mol. The van der Waals surface area contributed by atoms with E-state index in [1.54, 1.807) is 6.26 Å². The Labute approximate surface area is 107 Å². The number of rotatable bonds is 3. The summed E-state index contributed by atoms with van der Waals surface area (Å²) in [6.45, 7) is 0. The molecule has 2 bridgehead atoms. The molecule has 3 saturated heterocycles. The van der Waals surface area contributed by atoms with Gasteiger partial charge in [-0.2, -0.15) is 0 Å². The van der Waals surface area contributed by atoms with Crippen LogP contribution in [0.4, 0.5) is 0 Å². The van der Waals surface area contributed by atoms with Crippen LogP contribution >= 0.6 is 0 Å². The van der Waals surface area contributed by atoms with Crippen molar-refractivity contribution in [1.82, 2.24) is 0 Å². The maximum atomic E-state index is 10.1. The number of aliphatic hydroxyl groups excluding tert-OH is 1. The van der Waals surface area contributed by atoms with Crippen molar-refractivity contribution in [2.45, 2.75) is 69.2 Å². The van der Waals surface area contributed by atoms with E-state index in [1.165, 1.54) is 5.57 Å². The van der Waals surface area contributed by atoms with Crippen molar-refractivity contribution in [1.29, 1.82) is 0 Å². The van der Waals surface area contributed by atoms with E-state index in [0.29, 0.717) is 18.3 Å². The number of hydrogen-bond donors (Lipinski definition) is 1. The topological polar surface area (TPSA) is 51.2 Å². The molecule has 5 fully saturated rings. The van der Waals surface area contributed by atoms with Crippen LogP contribution in [-0.2, 0) is 14.2 Å². The fourth-order valence-corrected chi connectivity index (χ4v) is 3.52. The standard InChI is InChI=1S/C14H20O4/c15-14(10-3-2-9-6-12(10)17-9)16-7-8-1-4-11-13(5-8)18-11/h7,9-15H,1-6H2/b8-7+. The first-order chi connectivity index (χ1) is 8.79. The molecular formula is C14H20O4. The van der Waals surface area contributed by atoms with Gasteiger partial charge in [-0.05, 0) is 31.3 Å². The van der Waals surface area contributed by atoms with Crippen LogP contribution in [0.15, 0.2) is 11.8 Å². The first-order valence-electron chi connectivity index (χ1n) is 7.12. The summed E-state index contributed by atoms with van der Waals surface area (Å²) in [6.07, 6.45) is 8.98. The van der Waals surface area contributed by atoms with Gasteiger partial charge in [0.05, 0.1) is 30.7 Å². The summed E-state index contributed by atoms with van der Waals surface area (Å²) in [6, 6.07) is 0. The Morgan fingerprint density at radius 1 is 1.17 bits per heavy atom. The molecule has 100 valence electrons. The summed E-state index contributed by atoms with van der Waals surface area (Å²) in [5, 5.41) is 10.1. The van der Waals surface area contributed by atoms with E-state index in [1.807, 2.05) is 0 Å². The third-order valence-corrected chi connectivity index (χ3v) is 4.80. The molecule has 0 radical (unpaired) electrons. The average molecular weight is 252 g/mol. The van der Waals surface area contributed by atoms with E-state index in [9.17, 15) is 5.11 Å². The molecule has 18 heavy (non-hydrogen) atoms. The second-order valence-corrected chi connectivity index (χ2v) is 6.03. The minimum atomic E-state index is -0.707. The minimum Gasteiger partial charge on any atom is -0.472 e. The van der Waals surface area contributed by atoms with Crippen molar-refractivity contribution in [3.8, 4) is 0 Å². The van der Waals surface area contributed by atoms with Gasteiger partial charge in [0.2, 0.25) is 6.29 Å². The van der Waals surface area contributed by atoms with Crippen LogP contribution in [0.2, 0.25) is 0 Å². The maximum absolute atomic E-state index is 10.1. The van der Waals surface area contributed by atoms with E-state index in [4.69, 9.17) is 14.2 Å². The Bertz CT molecular complexity index is 358. The lowest BCUT2D eigenvalue weighted by Gasteiger charge is -2.47. The maximum Gasteiger partial charge on any atom is 0.201 e. The van der Waals surface area contributed by atoms with Gasteiger partial charge in [0.1, 0.15) is 0 Å². The summed E-state index contributed by atoms with van der Waals surface area (Å²) in [5.41, 5.74) is 1.27. The molecule has 0 aromatic rings. The lowest BCUT2D eigenvalue weighted by atomic mass is 9.79. The SMILES string of the molecule is OC(O/C=C1\CCC2OC2C1)C1CCC2CC1O2. The summed E-state index contributed by atoms with van der Waals surface area (Å²) < 4.78 is 16.7. The first-order valence-corrected chi connectivity index (χ1v) is 7.12. The number of aliphatic hydroxyl groups is 1. The monoisotopic (exact) mass is 252 g/mol. The fourth-order valence-electron chi connectivity index (χ4n) is 3.52. The highest BCUT2D eigenvalue weighted by atomic mass is 16.6. The van der Waals surface area contributed by atoms with Gasteiger partial charge in [-0.1, -0.05) is 0 Å². The molecule has 2 saturated carbocycles. The lowest BCUT2D eigenvalue weighted by Crippen LogP contribution is -2.51. The molecule has 0 aromatic heterocycles. The Morgan fingerprint density at radius 2 is 2.06 bits per heavy atom. The number of ether oxygens (including phenoxy) is 3. The summed E-state index contributed by atoms with van der Waals surface area (Å²) >= 11 is 0. The van der Waals surface area contributed by atoms with Gasteiger partial charge in [-0.3, -0.25) is 0 Å². The zero-order chi connectivity index (χ0) is 12.1. The summed E-state index contributed by atoms with van der Waals surface area (Å²) in [4.78, 5) is 0. The predicted molar refractivity (Wildman–Crippen MR) is 63.7 cm³/mol. The highest BCUT2D eigenvalue weighted by Crippen LogP contribution is 2.41. The van der Waals surface area contributed by atoms with Gasteiger partial charge >= 0.3 is 0 Å². The molecule has 0 spiro atoms. The van der Waals surface area contributed by atoms with Crippen molar-refractivity contribution in [3.05, 3.63) is 11.8 Å². The molecule has 4 nitrogen and oxygen atoms in total. The summed E-state index contributed by atoms with van der Waals surface area (Å²) in [5.74, 6) is 0.153. The molecule has 0 aromatic carbocycles. The first kappa shape index (κ1) is 11.3. The Morgan fingerprint density at radius 3 is 2.78 bits per heavy atom. The van der Waals surface area contributed by atoms with Gasteiger partial charge in [-0.15, -0.1) is 0 Å². The average Bonchev–Trinajstić information content (AvgIpc) is 3.13. The number of fused-ring (bicyclic) bond motifs is 3. The highest BCUT2D eigenvalue weighted by molar-refractivity contribution is 5.10. The van der Waals surface area contributed by atoms with Gasteiger partial charge < -0.3 is 19.3 Å². The van der Waals surface area contributed by atoms with Crippen LogP contribution in [-0.4, -0.2) is 35.8 Å². The second kappa shape index (κ2) is 4.22. The molecule has 3 heterocycles. The van der Waals surface area contributed by atoms with E-state index in [0.717, 1.165) is 38.5 Å². The second-order valence-electron chi connectivity index (χ2n) is 6.03. The van der Waals surface area contributed by atoms with Crippen molar-refractivity contribution in [2.75, 3.05) is 0 Å². The van der Waals surface area contributed by atoms with E-state index in [-0.39, 0.29) is 12.0 Å². The van der Waals surface area contributed by atoms with Gasteiger partial charge in [-0.25, -0.2) is 0 Å². The predicted octanol–water partition coefficient (Wildman–Crippen LogP) is 1.72. The van der Waals surface area contributed by atoms with Crippen LogP contribution in [0.5, 0.6) is 0 Å². The molecule has 3 aliphatic heterocycles. The largest absolute Gasteiger partial charge is 0.472 e. The van der Waals surface area contributed by atoms with Crippen LogP contribution in [0.1, 0.15) is 38.5 Å². The van der Waals surface area contributed by atoms with E-state index in [2.05, 4.69) is 0 Å². The fraction of sp³-hybridized carbons (Fsp3) is 0.857. The zero-order valence-electron chi connectivity index (χ0n) is 10.5. The van der Waals surface area contributed by atoms with Crippen LogP contribution in [0.25, 0.3) is 0 Å². The quantitative estimate of drug-likeness (QED) is 0.472. The zero-order valence-corrected chi connectivity index (χ0v) is 10.5. The highest BCUT2D eigenvalue weighted by Gasteiger charge is 2.45. The van der Waals surface area contributed by atoms with Gasteiger partial charge in [0.15, 0.2) is 0 Å². The normalized spacial score (nSPS) is 49.2. The lowest BCUT2D eigenvalue weighted by molar-refractivity contribution is -0.236. The number of epoxide rings is 1. The molecule has 4 heteroatoms. The minimum absolute atomic E-state index is 0.153. The third-order valence-electron chi connectivity index (χ3n) is 4.80. The molecule has 0 amide bonds. The Hall–Kier alpha value is -0.580. The molecule has 5 aliphatic rings. The molecule has 1 N–H and O–H groups in total. The van der Waals surface area contributed by atoms with Gasteiger partial charge in [0, 0.05) is 18.8 Å². The van der Waals surface area contributed by atoms with Crippen molar-refractivity contribution >= 4 is 0 Å². The van der Waals surface area contributed by atoms with Gasteiger partial charge in [0.25, 0.3) is 0 Å². The third kappa shape index (κ3) is 1.96. The van der Waals surface area contributed by atoms with Crippen LogP contribution < -0.4 is 0 Å². The van der Waals surface area contributed by atoms with Crippen molar-refractivity contribution in [3.63, 3.8) is 0 Å². The molecule has 5 rings (SSSR count). The summed E-state index contributed by atoms with van der Waals surface area (Å²) in [7, 11) is 0. The smallest absolute Gasteiger partial charge is 0.201 e. The van der Waals surface area contributed by atoms with Crippen molar-refractivity contribution in [2.24, 2.45) is 5.92 Å². The van der Waals surface area contributed by atoms with E-state index < -0.39 is 6.29 Å². The Balaban J connectivity index is 1.32. The van der Waals surface area contributed by atoms with Crippen LogP contribution in [0, 0.1) is 5.92 Å². The van der Waals surface area contributed by atoms with E-state index >= 15 is 0 Å². The van der Waals surface area contributed by atoms with Crippen LogP contribution in [0.3, 0.4) is 0 Å².